The van der Waals surface area contributed by atoms with Crippen LogP contribution in [0.2, 0.25) is 10.0 Å². The van der Waals surface area contributed by atoms with Crippen LogP contribution in [0.5, 0.6) is 0 Å². The molecular weight excluding hydrogens is 319 g/mol. The standard InChI is InChI=1S/C17H12Cl2N2O/c18-15-7-4-8-16(19)14(15)9-13(10-20)17(22)21-11-12-5-2-1-3-6-12/h1-9H,11H2,(H,21,22)/b13-9+. The maximum Gasteiger partial charge on any atom is 0.262 e. The van der Waals surface area contributed by atoms with Crippen molar-refractivity contribution in [2.24, 2.45) is 0 Å². The maximum absolute atomic E-state index is 12.1. The van der Waals surface area contributed by atoms with Crippen LogP contribution in [-0.2, 0) is 11.3 Å². The van der Waals surface area contributed by atoms with E-state index in [-0.39, 0.29) is 5.57 Å². The molecule has 1 N–H and O–H groups in total. The molecule has 0 unspecified atom stereocenters. The third-order valence-corrected chi connectivity index (χ3v) is 3.61. The molecule has 0 saturated heterocycles. The van der Waals surface area contributed by atoms with Crippen molar-refractivity contribution in [3.63, 3.8) is 0 Å². The summed E-state index contributed by atoms with van der Waals surface area (Å²) in [5.41, 5.74) is 1.35. The lowest BCUT2D eigenvalue weighted by Gasteiger charge is -2.06. The summed E-state index contributed by atoms with van der Waals surface area (Å²) in [6.07, 6.45) is 1.39. The first kappa shape index (κ1) is 16.1. The van der Waals surface area contributed by atoms with Gasteiger partial charge in [0.05, 0.1) is 0 Å². The van der Waals surface area contributed by atoms with E-state index >= 15 is 0 Å². The molecule has 110 valence electrons. The topological polar surface area (TPSA) is 52.9 Å². The molecule has 0 atom stereocenters. The predicted molar refractivity (Wildman–Crippen MR) is 88.3 cm³/mol. The molecule has 0 aliphatic rings. The molecule has 2 aromatic carbocycles. The lowest BCUT2D eigenvalue weighted by atomic mass is 10.1. The van der Waals surface area contributed by atoms with Crippen LogP contribution in [0, 0.1) is 11.3 Å². The summed E-state index contributed by atoms with van der Waals surface area (Å²) in [6.45, 7) is 0.342. The highest BCUT2D eigenvalue weighted by molar-refractivity contribution is 6.37. The molecule has 0 fully saturated rings. The Labute approximate surface area is 138 Å². The summed E-state index contributed by atoms with van der Waals surface area (Å²) in [4.78, 5) is 12.1. The summed E-state index contributed by atoms with van der Waals surface area (Å²) in [5, 5.41) is 12.6. The molecular formula is C17H12Cl2N2O. The van der Waals surface area contributed by atoms with Crippen molar-refractivity contribution >= 4 is 35.2 Å². The average molecular weight is 331 g/mol. The highest BCUT2D eigenvalue weighted by Crippen LogP contribution is 2.26. The van der Waals surface area contributed by atoms with Gasteiger partial charge in [0.15, 0.2) is 0 Å². The fourth-order valence-electron chi connectivity index (χ4n) is 1.81. The normalized spacial score (nSPS) is 10.9. The second kappa shape index (κ2) is 7.65. The Morgan fingerprint density at radius 2 is 1.73 bits per heavy atom. The largest absolute Gasteiger partial charge is 0.347 e. The Morgan fingerprint density at radius 3 is 2.32 bits per heavy atom. The third kappa shape index (κ3) is 4.11. The van der Waals surface area contributed by atoms with Gasteiger partial charge in [0.2, 0.25) is 0 Å². The fourth-order valence-corrected chi connectivity index (χ4v) is 2.32. The zero-order valence-electron chi connectivity index (χ0n) is 11.5. The molecule has 0 spiro atoms. The van der Waals surface area contributed by atoms with E-state index in [0.29, 0.717) is 22.2 Å². The molecule has 2 aromatic rings. The van der Waals surface area contributed by atoms with E-state index in [1.807, 2.05) is 36.4 Å². The number of halogens is 2. The van der Waals surface area contributed by atoms with Gasteiger partial charge in [-0.25, -0.2) is 0 Å². The SMILES string of the molecule is N#C/C(=C\c1c(Cl)cccc1Cl)C(=O)NCc1ccccc1. The molecule has 5 heteroatoms. The van der Waals surface area contributed by atoms with E-state index in [9.17, 15) is 10.1 Å². The summed E-state index contributed by atoms with van der Waals surface area (Å²) in [7, 11) is 0. The monoisotopic (exact) mass is 330 g/mol. The summed E-state index contributed by atoms with van der Waals surface area (Å²) in [6, 6.07) is 16.3. The molecule has 0 aromatic heterocycles. The van der Waals surface area contributed by atoms with Crippen molar-refractivity contribution in [1.82, 2.24) is 5.32 Å². The third-order valence-electron chi connectivity index (χ3n) is 2.95. The number of amides is 1. The summed E-state index contributed by atoms with van der Waals surface area (Å²) >= 11 is 12.1. The van der Waals surface area contributed by atoms with Crippen LogP contribution in [0.1, 0.15) is 11.1 Å². The molecule has 0 radical (unpaired) electrons. The van der Waals surface area contributed by atoms with Crippen molar-refractivity contribution in [3.05, 3.63) is 75.3 Å². The number of benzene rings is 2. The van der Waals surface area contributed by atoms with E-state index in [1.165, 1.54) is 6.08 Å². The Bertz CT molecular complexity index is 729. The van der Waals surface area contributed by atoms with Gasteiger partial charge in [-0.1, -0.05) is 59.6 Å². The minimum Gasteiger partial charge on any atom is -0.347 e. The van der Waals surface area contributed by atoms with E-state index in [4.69, 9.17) is 23.2 Å². The first-order chi connectivity index (χ1) is 10.6. The molecule has 2 rings (SSSR count). The van der Waals surface area contributed by atoms with Gasteiger partial charge in [-0.3, -0.25) is 4.79 Å². The first-order valence-corrected chi connectivity index (χ1v) is 7.25. The molecule has 22 heavy (non-hydrogen) atoms. The van der Waals surface area contributed by atoms with Crippen LogP contribution in [-0.4, -0.2) is 5.91 Å². The molecule has 0 saturated carbocycles. The molecule has 0 heterocycles. The van der Waals surface area contributed by atoms with Crippen LogP contribution in [0.3, 0.4) is 0 Å². The average Bonchev–Trinajstić information content (AvgIpc) is 2.53. The number of nitrogens with one attached hydrogen (secondary N) is 1. The molecule has 3 nitrogen and oxygen atoms in total. The van der Waals surface area contributed by atoms with E-state index in [2.05, 4.69) is 5.32 Å². The van der Waals surface area contributed by atoms with E-state index < -0.39 is 5.91 Å². The lowest BCUT2D eigenvalue weighted by molar-refractivity contribution is -0.117. The highest BCUT2D eigenvalue weighted by Gasteiger charge is 2.11. The smallest absolute Gasteiger partial charge is 0.262 e. The summed E-state index contributed by atoms with van der Waals surface area (Å²) in [5.74, 6) is -0.470. The Morgan fingerprint density at radius 1 is 1.09 bits per heavy atom. The lowest BCUT2D eigenvalue weighted by Crippen LogP contribution is -2.23. The molecule has 0 aliphatic heterocycles. The second-order valence-electron chi connectivity index (χ2n) is 4.47. The van der Waals surface area contributed by atoms with Crippen molar-refractivity contribution in [2.45, 2.75) is 6.54 Å². The zero-order chi connectivity index (χ0) is 15.9. The van der Waals surface area contributed by atoms with E-state index in [1.54, 1.807) is 18.2 Å². The van der Waals surface area contributed by atoms with Crippen LogP contribution in [0.25, 0.3) is 6.08 Å². The first-order valence-electron chi connectivity index (χ1n) is 6.49. The van der Waals surface area contributed by atoms with Gasteiger partial charge in [0.25, 0.3) is 5.91 Å². The van der Waals surface area contributed by atoms with Crippen molar-refractivity contribution in [3.8, 4) is 6.07 Å². The van der Waals surface area contributed by atoms with Crippen LogP contribution in [0.15, 0.2) is 54.1 Å². The van der Waals surface area contributed by atoms with Gasteiger partial charge in [0.1, 0.15) is 11.6 Å². The zero-order valence-corrected chi connectivity index (χ0v) is 13.0. The number of carbonyl (C=O) groups excluding carboxylic acids is 1. The Kier molecular flexibility index (Phi) is 5.60. The van der Waals surface area contributed by atoms with Gasteiger partial charge < -0.3 is 5.32 Å². The van der Waals surface area contributed by atoms with Crippen molar-refractivity contribution in [1.29, 1.82) is 5.26 Å². The van der Waals surface area contributed by atoms with E-state index in [0.717, 1.165) is 5.56 Å². The number of nitrogens with zero attached hydrogens (tertiary/aromatic N) is 1. The Hall–Kier alpha value is -2.28. The van der Waals surface area contributed by atoms with Crippen LogP contribution < -0.4 is 5.32 Å². The van der Waals surface area contributed by atoms with Crippen LogP contribution >= 0.6 is 23.2 Å². The van der Waals surface area contributed by atoms with Gasteiger partial charge in [-0.15, -0.1) is 0 Å². The van der Waals surface area contributed by atoms with Crippen molar-refractivity contribution in [2.75, 3.05) is 0 Å². The Balaban J connectivity index is 2.16. The second-order valence-corrected chi connectivity index (χ2v) is 5.29. The van der Waals surface area contributed by atoms with Gasteiger partial charge >= 0.3 is 0 Å². The minimum atomic E-state index is -0.470. The van der Waals surface area contributed by atoms with Gasteiger partial charge in [0, 0.05) is 22.2 Å². The highest BCUT2D eigenvalue weighted by atomic mass is 35.5. The van der Waals surface area contributed by atoms with Crippen molar-refractivity contribution < 1.29 is 4.79 Å². The summed E-state index contributed by atoms with van der Waals surface area (Å²) < 4.78 is 0. The molecule has 0 bridgehead atoms. The molecule has 0 aliphatic carbocycles. The van der Waals surface area contributed by atoms with Crippen LogP contribution in [0.4, 0.5) is 0 Å². The fraction of sp³-hybridized carbons (Fsp3) is 0.0588. The number of hydrogen-bond acceptors (Lipinski definition) is 2. The van der Waals surface area contributed by atoms with Gasteiger partial charge in [-0.05, 0) is 23.8 Å². The number of hydrogen-bond donors (Lipinski definition) is 1. The number of carbonyl (C=O) groups is 1. The minimum absolute atomic E-state index is 0.0501. The quantitative estimate of drug-likeness (QED) is 0.674. The van der Waals surface area contributed by atoms with Gasteiger partial charge in [-0.2, -0.15) is 5.26 Å². The molecule has 1 amide bonds. The number of nitriles is 1. The number of rotatable bonds is 4. The maximum atomic E-state index is 12.1. The predicted octanol–water partition coefficient (Wildman–Crippen LogP) is 4.22.